The first-order valence-corrected chi connectivity index (χ1v) is 18.4. The molecule has 3 aromatic heterocycles. The molecule has 0 amide bonds. The summed E-state index contributed by atoms with van der Waals surface area (Å²) in [6.45, 7) is 0. The first-order chi connectivity index (χ1) is 26.8. The van der Waals surface area contributed by atoms with E-state index in [1.54, 1.807) is 0 Å². The fourth-order valence-corrected chi connectivity index (χ4v) is 8.92. The predicted octanol–water partition coefficient (Wildman–Crippen LogP) is 13.0. The SMILES string of the molecule is c1cc(-c2cnc3c4ccccc4c4ccccc4c3n2)cc(-n2c3ccccc3c3ccc4c5ccccc5n(-c5ccc6ccccc6c5)c4c32)c1. The lowest BCUT2D eigenvalue weighted by molar-refractivity contribution is 1.15. The maximum absolute atomic E-state index is 5.35. The van der Waals surface area contributed by atoms with Crippen LogP contribution in [0.2, 0.25) is 0 Å². The number of aromatic nitrogens is 4. The number of para-hydroxylation sites is 2. The zero-order valence-electron chi connectivity index (χ0n) is 29.1. The van der Waals surface area contributed by atoms with E-state index in [-0.39, 0.29) is 0 Å². The Labute approximate surface area is 309 Å². The maximum Gasteiger partial charge on any atom is 0.0979 e. The van der Waals surface area contributed by atoms with Crippen molar-refractivity contribution in [2.24, 2.45) is 0 Å². The van der Waals surface area contributed by atoms with Gasteiger partial charge in [0.1, 0.15) is 0 Å². The Balaban J connectivity index is 1.15. The smallest absolute Gasteiger partial charge is 0.0979 e. The summed E-state index contributed by atoms with van der Waals surface area (Å²) >= 11 is 0. The molecule has 4 heteroatoms. The molecule has 4 nitrogen and oxygen atoms in total. The summed E-state index contributed by atoms with van der Waals surface area (Å²) in [4.78, 5) is 10.4. The number of benzene rings is 9. The molecule has 54 heavy (non-hydrogen) atoms. The normalized spacial score (nSPS) is 12.1. The fourth-order valence-electron chi connectivity index (χ4n) is 8.92. The van der Waals surface area contributed by atoms with Gasteiger partial charge in [-0.15, -0.1) is 0 Å². The van der Waals surface area contributed by atoms with Gasteiger partial charge in [0.2, 0.25) is 0 Å². The highest BCUT2D eigenvalue weighted by molar-refractivity contribution is 6.25. The van der Waals surface area contributed by atoms with Gasteiger partial charge in [0.15, 0.2) is 0 Å². The minimum atomic E-state index is 0.848. The molecule has 250 valence electrons. The minimum absolute atomic E-state index is 0.848. The molecule has 0 spiro atoms. The molecular weight excluding hydrogens is 657 g/mol. The van der Waals surface area contributed by atoms with Gasteiger partial charge in [-0.2, -0.15) is 0 Å². The van der Waals surface area contributed by atoms with E-state index in [1.807, 2.05) is 6.20 Å². The molecule has 0 N–H and O–H groups in total. The molecule has 12 aromatic rings. The molecule has 0 unspecified atom stereocenters. The van der Waals surface area contributed by atoms with Crippen LogP contribution in [0.25, 0.3) is 110 Å². The highest BCUT2D eigenvalue weighted by Gasteiger charge is 2.22. The van der Waals surface area contributed by atoms with Crippen LogP contribution in [0, 0.1) is 0 Å². The van der Waals surface area contributed by atoms with Crippen LogP contribution in [0.3, 0.4) is 0 Å². The van der Waals surface area contributed by atoms with Crippen LogP contribution in [0.15, 0.2) is 182 Å². The average molecular weight is 687 g/mol. The zero-order valence-corrected chi connectivity index (χ0v) is 29.1. The van der Waals surface area contributed by atoms with E-state index in [2.05, 4.69) is 185 Å². The van der Waals surface area contributed by atoms with Crippen LogP contribution in [-0.4, -0.2) is 19.1 Å². The second kappa shape index (κ2) is 11.1. The minimum Gasteiger partial charge on any atom is -0.307 e. The first-order valence-electron chi connectivity index (χ1n) is 18.4. The zero-order chi connectivity index (χ0) is 35.3. The lowest BCUT2D eigenvalue weighted by Gasteiger charge is -2.14. The first kappa shape index (κ1) is 29.3. The third kappa shape index (κ3) is 4.08. The van der Waals surface area contributed by atoms with E-state index in [4.69, 9.17) is 9.97 Å². The molecule has 0 saturated carbocycles. The number of fused-ring (bicyclic) bond motifs is 14. The molecular formula is C50H30N4. The van der Waals surface area contributed by atoms with E-state index < -0.39 is 0 Å². The number of hydrogen-bond donors (Lipinski definition) is 0. The van der Waals surface area contributed by atoms with Crippen LogP contribution < -0.4 is 0 Å². The molecule has 0 aliphatic rings. The van der Waals surface area contributed by atoms with E-state index in [1.165, 1.54) is 59.6 Å². The largest absolute Gasteiger partial charge is 0.307 e. The summed E-state index contributed by atoms with van der Waals surface area (Å²) in [6, 6.07) is 63.4. The Morgan fingerprint density at radius 1 is 0.352 bits per heavy atom. The van der Waals surface area contributed by atoms with Gasteiger partial charge < -0.3 is 9.13 Å². The monoisotopic (exact) mass is 686 g/mol. The van der Waals surface area contributed by atoms with Crippen molar-refractivity contribution in [3.8, 4) is 22.6 Å². The Bertz CT molecular complexity index is 3480. The second-order valence-electron chi connectivity index (χ2n) is 14.2. The molecule has 0 aliphatic carbocycles. The number of rotatable bonds is 3. The topological polar surface area (TPSA) is 35.6 Å². The maximum atomic E-state index is 5.35. The van der Waals surface area contributed by atoms with Gasteiger partial charge in [0.25, 0.3) is 0 Å². The van der Waals surface area contributed by atoms with Crippen molar-refractivity contribution in [2.75, 3.05) is 0 Å². The van der Waals surface area contributed by atoms with Gasteiger partial charge in [0, 0.05) is 49.3 Å². The Hall–Kier alpha value is -7.30. The van der Waals surface area contributed by atoms with E-state index in [0.29, 0.717) is 0 Å². The van der Waals surface area contributed by atoms with Crippen LogP contribution in [0.5, 0.6) is 0 Å². The van der Waals surface area contributed by atoms with Gasteiger partial charge >= 0.3 is 0 Å². The molecule has 0 saturated heterocycles. The fraction of sp³-hybridized carbons (Fsp3) is 0. The van der Waals surface area contributed by atoms with Gasteiger partial charge in [-0.3, -0.25) is 4.98 Å². The van der Waals surface area contributed by atoms with Crippen molar-refractivity contribution in [1.29, 1.82) is 0 Å². The van der Waals surface area contributed by atoms with Crippen LogP contribution in [0.1, 0.15) is 0 Å². The summed E-state index contributed by atoms with van der Waals surface area (Å²) in [5.74, 6) is 0. The van der Waals surface area contributed by atoms with Gasteiger partial charge in [-0.1, -0.05) is 140 Å². The highest BCUT2D eigenvalue weighted by atomic mass is 15.0. The molecule has 0 fully saturated rings. The standard InChI is InChI=1S/C50H30N4/c1-2-13-32-28-35(25-24-31(32)12-1)54-46-23-10-8-19-39(46)43-27-26-42-38-18-7-9-22-45(38)53(49(42)50(43)54)34-15-11-14-33(29-34)44-30-51-47-40-20-5-3-16-36(40)37-17-4-6-21-41(37)48(47)52-44/h1-30H. The molecule has 12 rings (SSSR count). The third-order valence-corrected chi connectivity index (χ3v) is 11.3. The van der Waals surface area contributed by atoms with Crippen molar-refractivity contribution in [3.05, 3.63) is 182 Å². The summed E-state index contributed by atoms with van der Waals surface area (Å²) < 4.78 is 4.91. The quantitative estimate of drug-likeness (QED) is 0.173. The van der Waals surface area contributed by atoms with E-state index in [9.17, 15) is 0 Å². The van der Waals surface area contributed by atoms with E-state index >= 15 is 0 Å². The predicted molar refractivity (Wildman–Crippen MR) is 226 cm³/mol. The highest BCUT2D eigenvalue weighted by Crippen LogP contribution is 2.42. The summed E-state index contributed by atoms with van der Waals surface area (Å²) in [5, 5.41) is 12.0. The molecule has 0 bridgehead atoms. The molecule has 9 aromatic carbocycles. The lowest BCUT2D eigenvalue weighted by Crippen LogP contribution is -1.99. The third-order valence-electron chi connectivity index (χ3n) is 11.3. The van der Waals surface area contributed by atoms with E-state index in [0.717, 1.165) is 50.0 Å². The summed E-state index contributed by atoms with van der Waals surface area (Å²) in [6.07, 6.45) is 1.93. The Morgan fingerprint density at radius 3 is 1.56 bits per heavy atom. The van der Waals surface area contributed by atoms with Crippen molar-refractivity contribution in [1.82, 2.24) is 19.1 Å². The number of nitrogens with zero attached hydrogens (tertiary/aromatic N) is 4. The average Bonchev–Trinajstić information content (AvgIpc) is 3.77. The van der Waals surface area contributed by atoms with Gasteiger partial charge in [0.05, 0.1) is 45.0 Å². The van der Waals surface area contributed by atoms with Crippen molar-refractivity contribution in [2.45, 2.75) is 0 Å². The Morgan fingerprint density at radius 2 is 0.889 bits per heavy atom. The number of hydrogen-bond acceptors (Lipinski definition) is 2. The van der Waals surface area contributed by atoms with Crippen LogP contribution >= 0.6 is 0 Å². The van der Waals surface area contributed by atoms with Gasteiger partial charge in [-0.25, -0.2) is 4.98 Å². The second-order valence-corrected chi connectivity index (χ2v) is 14.2. The molecule has 0 atom stereocenters. The van der Waals surface area contributed by atoms with Gasteiger partial charge in [-0.05, 0) is 57.9 Å². The van der Waals surface area contributed by atoms with Crippen molar-refractivity contribution in [3.63, 3.8) is 0 Å². The van der Waals surface area contributed by atoms with Crippen molar-refractivity contribution < 1.29 is 0 Å². The summed E-state index contributed by atoms with van der Waals surface area (Å²) in [7, 11) is 0. The van der Waals surface area contributed by atoms with Crippen LogP contribution in [-0.2, 0) is 0 Å². The summed E-state index contributed by atoms with van der Waals surface area (Å²) in [5.41, 5.74) is 10.7. The molecule has 0 radical (unpaired) electrons. The Kier molecular flexibility index (Phi) is 6.02. The van der Waals surface area contributed by atoms with Crippen LogP contribution in [0.4, 0.5) is 0 Å². The van der Waals surface area contributed by atoms with Crippen molar-refractivity contribution >= 4 is 87.0 Å². The lowest BCUT2D eigenvalue weighted by atomic mass is 9.99. The molecule has 0 aliphatic heterocycles. The molecule has 3 heterocycles.